The topological polar surface area (TPSA) is 20.3 Å². The molecule has 0 N–H and O–H groups in total. The van der Waals surface area contributed by atoms with Crippen molar-refractivity contribution in [3.63, 3.8) is 0 Å². The Morgan fingerprint density at radius 3 is 2.75 bits per heavy atom. The number of amides is 1. The van der Waals surface area contributed by atoms with Crippen molar-refractivity contribution in [2.75, 3.05) is 19.1 Å². The van der Waals surface area contributed by atoms with Crippen LogP contribution < -0.4 is 0 Å². The molecule has 16 heavy (non-hydrogen) atoms. The van der Waals surface area contributed by atoms with Gasteiger partial charge in [-0.2, -0.15) is 11.8 Å². The second-order valence-electron chi connectivity index (χ2n) is 3.58. The molecule has 0 aromatic heterocycles. The summed E-state index contributed by atoms with van der Waals surface area (Å²) in [6, 6.07) is 7.61. The number of nitrogens with zero attached hydrogens (tertiary/aromatic N) is 1. The predicted molar refractivity (Wildman–Crippen MR) is 70.9 cm³/mol. The fraction of sp³-hybridized carbons (Fsp3) is 0.417. The molecule has 0 saturated carbocycles. The second-order valence-corrected chi connectivity index (χ2v) is 4.98. The van der Waals surface area contributed by atoms with Crippen LogP contribution in [0.5, 0.6) is 0 Å². The van der Waals surface area contributed by atoms with Gasteiger partial charge in [-0.3, -0.25) is 4.79 Å². The highest BCUT2D eigenvalue weighted by atomic mass is 35.5. The number of hydrogen-bond donors (Lipinski definition) is 0. The van der Waals surface area contributed by atoms with E-state index in [0.717, 1.165) is 11.3 Å². The van der Waals surface area contributed by atoms with Gasteiger partial charge in [-0.05, 0) is 17.9 Å². The van der Waals surface area contributed by atoms with E-state index in [9.17, 15) is 4.79 Å². The first-order valence-electron chi connectivity index (χ1n) is 5.11. The molecular formula is C12H16ClNOS. The molecule has 1 aromatic rings. The number of thioether (sulfide) groups is 1. The number of carbonyl (C=O) groups excluding carboxylic acids is 1. The largest absolute Gasteiger partial charge is 0.341 e. The molecule has 0 spiro atoms. The van der Waals surface area contributed by atoms with E-state index in [1.807, 2.05) is 37.6 Å². The van der Waals surface area contributed by atoms with E-state index in [4.69, 9.17) is 11.6 Å². The maximum absolute atomic E-state index is 11.7. The predicted octanol–water partition coefficient (Wildman–Crippen LogP) is 3.05. The summed E-state index contributed by atoms with van der Waals surface area (Å²) < 4.78 is 0. The first kappa shape index (κ1) is 13.4. The molecule has 1 rings (SSSR count). The lowest BCUT2D eigenvalue weighted by Gasteiger charge is -2.17. The Balaban J connectivity index is 2.54. The van der Waals surface area contributed by atoms with Crippen LogP contribution >= 0.6 is 23.4 Å². The SMILES string of the molecule is CSCCC(=O)N(C)Cc1ccccc1Cl. The van der Waals surface area contributed by atoms with Crippen LogP contribution in [0.3, 0.4) is 0 Å². The lowest BCUT2D eigenvalue weighted by molar-refractivity contribution is -0.129. The summed E-state index contributed by atoms with van der Waals surface area (Å²) in [6.45, 7) is 0.576. The minimum Gasteiger partial charge on any atom is -0.341 e. The number of halogens is 1. The Morgan fingerprint density at radius 1 is 1.44 bits per heavy atom. The van der Waals surface area contributed by atoms with Crippen molar-refractivity contribution in [1.29, 1.82) is 0 Å². The summed E-state index contributed by atoms with van der Waals surface area (Å²) in [4.78, 5) is 13.4. The Kier molecular flexibility index (Phi) is 5.71. The van der Waals surface area contributed by atoms with E-state index in [0.29, 0.717) is 18.0 Å². The van der Waals surface area contributed by atoms with Crippen molar-refractivity contribution in [1.82, 2.24) is 4.90 Å². The van der Waals surface area contributed by atoms with Crippen molar-refractivity contribution in [2.45, 2.75) is 13.0 Å². The Morgan fingerprint density at radius 2 is 2.12 bits per heavy atom. The van der Waals surface area contributed by atoms with Crippen LogP contribution in [0.4, 0.5) is 0 Å². The van der Waals surface area contributed by atoms with Gasteiger partial charge in [-0.1, -0.05) is 29.8 Å². The second kappa shape index (κ2) is 6.81. The summed E-state index contributed by atoms with van der Waals surface area (Å²) in [5, 5.41) is 0.715. The number of hydrogen-bond acceptors (Lipinski definition) is 2. The maximum atomic E-state index is 11.7. The van der Waals surface area contributed by atoms with Gasteiger partial charge in [0.15, 0.2) is 0 Å². The third kappa shape index (κ3) is 4.06. The molecule has 88 valence electrons. The van der Waals surface area contributed by atoms with Crippen LogP contribution in [0.1, 0.15) is 12.0 Å². The average molecular weight is 258 g/mol. The molecule has 0 saturated heterocycles. The van der Waals surface area contributed by atoms with Gasteiger partial charge in [0.05, 0.1) is 0 Å². The molecule has 0 unspecified atom stereocenters. The van der Waals surface area contributed by atoms with Gasteiger partial charge in [0.1, 0.15) is 0 Å². The fourth-order valence-corrected chi connectivity index (χ4v) is 1.92. The van der Waals surface area contributed by atoms with Gasteiger partial charge < -0.3 is 4.90 Å². The minimum atomic E-state index is 0.161. The molecule has 0 radical (unpaired) electrons. The lowest BCUT2D eigenvalue weighted by Crippen LogP contribution is -2.26. The van der Waals surface area contributed by atoms with Gasteiger partial charge in [0.2, 0.25) is 5.91 Å². The van der Waals surface area contributed by atoms with Crippen LogP contribution in [-0.2, 0) is 11.3 Å². The standard InChI is InChI=1S/C12H16ClNOS/c1-14(12(15)7-8-16-2)9-10-5-3-4-6-11(10)13/h3-6H,7-9H2,1-2H3. The molecule has 4 heteroatoms. The van der Waals surface area contributed by atoms with E-state index in [2.05, 4.69) is 0 Å². The third-order valence-corrected chi connectivity index (χ3v) is 3.29. The van der Waals surface area contributed by atoms with E-state index < -0.39 is 0 Å². The molecule has 0 aliphatic carbocycles. The molecule has 2 nitrogen and oxygen atoms in total. The zero-order chi connectivity index (χ0) is 12.0. The quantitative estimate of drug-likeness (QED) is 0.808. The minimum absolute atomic E-state index is 0.161. The first-order chi connectivity index (χ1) is 7.65. The molecule has 1 amide bonds. The fourth-order valence-electron chi connectivity index (χ4n) is 1.35. The Hall–Kier alpha value is -0.670. The Labute approximate surface area is 106 Å². The van der Waals surface area contributed by atoms with Crippen LogP contribution in [0.2, 0.25) is 5.02 Å². The molecule has 0 bridgehead atoms. The number of carbonyl (C=O) groups is 1. The highest BCUT2D eigenvalue weighted by molar-refractivity contribution is 7.98. The third-order valence-electron chi connectivity index (χ3n) is 2.31. The van der Waals surface area contributed by atoms with Gasteiger partial charge in [0.25, 0.3) is 0 Å². The van der Waals surface area contributed by atoms with Crippen LogP contribution in [0.25, 0.3) is 0 Å². The van der Waals surface area contributed by atoms with E-state index in [1.54, 1.807) is 16.7 Å². The lowest BCUT2D eigenvalue weighted by atomic mass is 10.2. The highest BCUT2D eigenvalue weighted by Crippen LogP contribution is 2.16. The summed E-state index contributed by atoms with van der Waals surface area (Å²) in [6.07, 6.45) is 2.59. The first-order valence-corrected chi connectivity index (χ1v) is 6.88. The molecule has 0 aliphatic rings. The van der Waals surface area contributed by atoms with Gasteiger partial charge >= 0.3 is 0 Å². The van der Waals surface area contributed by atoms with Gasteiger partial charge in [0, 0.05) is 30.8 Å². The molecular weight excluding hydrogens is 242 g/mol. The summed E-state index contributed by atoms with van der Waals surface area (Å²) in [5.74, 6) is 1.03. The van der Waals surface area contributed by atoms with Crippen LogP contribution in [0.15, 0.2) is 24.3 Å². The van der Waals surface area contributed by atoms with Crippen molar-refractivity contribution in [3.8, 4) is 0 Å². The van der Waals surface area contributed by atoms with Crippen molar-refractivity contribution in [2.24, 2.45) is 0 Å². The van der Waals surface area contributed by atoms with E-state index >= 15 is 0 Å². The summed E-state index contributed by atoms with van der Waals surface area (Å²) in [5.41, 5.74) is 0.990. The van der Waals surface area contributed by atoms with E-state index in [1.165, 1.54) is 0 Å². The average Bonchev–Trinajstić information content (AvgIpc) is 2.28. The van der Waals surface area contributed by atoms with E-state index in [-0.39, 0.29) is 5.91 Å². The molecule has 0 atom stereocenters. The molecule has 1 aromatic carbocycles. The van der Waals surface area contributed by atoms with Crippen molar-refractivity contribution in [3.05, 3.63) is 34.9 Å². The molecule has 0 heterocycles. The Bertz CT molecular complexity index is 357. The number of rotatable bonds is 5. The van der Waals surface area contributed by atoms with Crippen molar-refractivity contribution >= 4 is 29.3 Å². The van der Waals surface area contributed by atoms with Gasteiger partial charge in [-0.15, -0.1) is 0 Å². The summed E-state index contributed by atoms with van der Waals surface area (Å²) in [7, 11) is 1.81. The monoisotopic (exact) mass is 257 g/mol. The number of benzene rings is 1. The molecule has 0 aliphatic heterocycles. The summed E-state index contributed by atoms with van der Waals surface area (Å²) >= 11 is 7.72. The zero-order valence-electron chi connectivity index (χ0n) is 9.57. The normalized spacial score (nSPS) is 10.2. The highest BCUT2D eigenvalue weighted by Gasteiger charge is 2.09. The smallest absolute Gasteiger partial charge is 0.223 e. The van der Waals surface area contributed by atoms with Gasteiger partial charge in [-0.25, -0.2) is 0 Å². The van der Waals surface area contributed by atoms with Crippen molar-refractivity contribution < 1.29 is 4.79 Å². The van der Waals surface area contributed by atoms with Crippen LogP contribution in [0, 0.1) is 0 Å². The van der Waals surface area contributed by atoms with Crippen LogP contribution in [-0.4, -0.2) is 29.9 Å². The maximum Gasteiger partial charge on any atom is 0.223 e. The molecule has 0 fully saturated rings. The zero-order valence-corrected chi connectivity index (χ0v) is 11.1.